The number of aryl methyl sites for hydroxylation is 1. The highest BCUT2D eigenvalue weighted by Gasteiger charge is 2.15. The van der Waals surface area contributed by atoms with Gasteiger partial charge < -0.3 is 15.4 Å². The number of hydrogen-bond donors (Lipinski definition) is 2. The highest BCUT2D eigenvalue weighted by molar-refractivity contribution is 5.94. The van der Waals surface area contributed by atoms with E-state index < -0.39 is 11.6 Å². The Balaban J connectivity index is 1.49. The van der Waals surface area contributed by atoms with Crippen LogP contribution in [0.3, 0.4) is 0 Å². The Morgan fingerprint density at radius 2 is 1.85 bits per heavy atom. The average Bonchev–Trinajstić information content (AvgIpc) is 3.12. The number of methoxy groups -OCH3 is 1. The topological polar surface area (TPSA) is 107 Å². The van der Waals surface area contributed by atoms with Crippen molar-refractivity contribution in [1.29, 1.82) is 0 Å². The first-order valence-electron chi connectivity index (χ1n) is 10.3. The van der Waals surface area contributed by atoms with Crippen molar-refractivity contribution >= 4 is 23.1 Å². The number of carbonyl (C=O) groups excluding carboxylic acids is 2. The van der Waals surface area contributed by atoms with Crippen LogP contribution in [0.2, 0.25) is 0 Å². The van der Waals surface area contributed by atoms with Gasteiger partial charge in [-0.1, -0.05) is 36.4 Å². The molecule has 2 N–H and O–H groups in total. The number of hydrogen-bond acceptors (Lipinski definition) is 5. The maximum Gasteiger partial charge on any atom is 0.350 e. The lowest BCUT2D eigenvalue weighted by Crippen LogP contribution is -2.29. The fourth-order valence-corrected chi connectivity index (χ4v) is 3.38. The number of aromatic nitrogens is 3. The van der Waals surface area contributed by atoms with Crippen LogP contribution in [0.4, 0.5) is 5.69 Å². The molecule has 0 radical (unpaired) electrons. The molecule has 0 fully saturated rings. The first-order chi connectivity index (χ1) is 15.9. The molecule has 0 spiro atoms. The molecule has 9 heteroatoms. The minimum atomic E-state index is -0.519. The molecular formula is C24H23N5O4. The summed E-state index contributed by atoms with van der Waals surface area (Å²) in [6, 6.07) is 18.1. The first kappa shape index (κ1) is 21.8. The molecule has 0 unspecified atom stereocenters. The van der Waals surface area contributed by atoms with Crippen LogP contribution < -0.4 is 21.1 Å². The van der Waals surface area contributed by atoms with E-state index in [1.54, 1.807) is 24.3 Å². The highest BCUT2D eigenvalue weighted by atomic mass is 16.5. The van der Waals surface area contributed by atoms with Gasteiger partial charge in [-0.05, 0) is 42.3 Å². The van der Waals surface area contributed by atoms with Crippen LogP contribution in [0, 0.1) is 6.92 Å². The number of benzene rings is 2. The number of nitrogens with one attached hydrogen (secondary N) is 2. The molecule has 0 saturated carbocycles. The number of rotatable bonds is 7. The minimum Gasteiger partial charge on any atom is -0.495 e. The van der Waals surface area contributed by atoms with Gasteiger partial charge in [-0.25, -0.2) is 13.9 Å². The molecule has 0 aliphatic rings. The Hall–Kier alpha value is -4.40. The first-order valence-corrected chi connectivity index (χ1v) is 10.3. The monoisotopic (exact) mass is 445 g/mol. The zero-order valence-corrected chi connectivity index (χ0v) is 18.2. The number of pyridine rings is 1. The Morgan fingerprint density at radius 1 is 1.06 bits per heavy atom. The summed E-state index contributed by atoms with van der Waals surface area (Å²) in [7, 11) is 1.51. The summed E-state index contributed by atoms with van der Waals surface area (Å²) in [5.74, 6) is -0.225. The van der Waals surface area contributed by atoms with Gasteiger partial charge in [0.1, 0.15) is 12.3 Å². The predicted octanol–water partition coefficient (Wildman–Crippen LogP) is 2.38. The highest BCUT2D eigenvalue weighted by Crippen LogP contribution is 2.25. The Labute approximate surface area is 189 Å². The van der Waals surface area contributed by atoms with Crippen LogP contribution in [0.1, 0.15) is 21.5 Å². The van der Waals surface area contributed by atoms with Gasteiger partial charge in [-0.2, -0.15) is 0 Å². The fourth-order valence-electron chi connectivity index (χ4n) is 3.38. The minimum absolute atomic E-state index is 0.285. The SMILES string of the molecule is COc1ccc(C)cc1NC(=O)Cn1nc2ccc(C(=O)NCc3ccccc3)cn2c1=O. The maximum absolute atomic E-state index is 12.8. The quantitative estimate of drug-likeness (QED) is 0.454. The standard InChI is InChI=1S/C24H23N5O4/c1-16-8-10-20(33-2)19(12-16)26-22(30)15-29-24(32)28-14-18(9-11-21(28)27-29)23(31)25-13-17-6-4-3-5-7-17/h3-12,14H,13,15H2,1-2H3,(H,25,31)(H,26,30). The van der Waals surface area contributed by atoms with Gasteiger partial charge in [0.25, 0.3) is 5.91 Å². The third kappa shape index (κ3) is 4.93. The van der Waals surface area contributed by atoms with Crippen LogP contribution >= 0.6 is 0 Å². The van der Waals surface area contributed by atoms with Gasteiger partial charge in [0.15, 0.2) is 5.65 Å². The Morgan fingerprint density at radius 3 is 2.61 bits per heavy atom. The van der Waals surface area contributed by atoms with Crippen molar-refractivity contribution in [3.8, 4) is 5.75 Å². The predicted molar refractivity (Wildman–Crippen MR) is 123 cm³/mol. The zero-order valence-electron chi connectivity index (χ0n) is 18.2. The van der Waals surface area contributed by atoms with Gasteiger partial charge in [0.05, 0.1) is 18.4 Å². The molecule has 9 nitrogen and oxygen atoms in total. The average molecular weight is 445 g/mol. The molecular weight excluding hydrogens is 422 g/mol. The molecule has 0 aliphatic carbocycles. The molecule has 4 rings (SSSR count). The molecule has 2 aromatic carbocycles. The van der Waals surface area contributed by atoms with Gasteiger partial charge >= 0.3 is 5.69 Å². The van der Waals surface area contributed by atoms with Crippen molar-refractivity contribution in [2.45, 2.75) is 20.0 Å². The number of amides is 2. The van der Waals surface area contributed by atoms with Crippen LogP contribution in [-0.2, 0) is 17.9 Å². The van der Waals surface area contributed by atoms with E-state index in [0.717, 1.165) is 15.8 Å². The third-order valence-corrected chi connectivity index (χ3v) is 5.06. The van der Waals surface area contributed by atoms with Gasteiger partial charge in [0, 0.05) is 12.7 Å². The second kappa shape index (κ2) is 9.39. The van der Waals surface area contributed by atoms with Crippen LogP contribution in [0.25, 0.3) is 5.65 Å². The second-order valence-corrected chi connectivity index (χ2v) is 7.51. The lowest BCUT2D eigenvalue weighted by atomic mass is 10.2. The van der Waals surface area contributed by atoms with E-state index in [9.17, 15) is 14.4 Å². The summed E-state index contributed by atoms with van der Waals surface area (Å²) in [6.45, 7) is 1.98. The molecule has 0 saturated heterocycles. The van der Waals surface area contributed by atoms with Crippen molar-refractivity contribution in [3.63, 3.8) is 0 Å². The van der Waals surface area contributed by atoms with Crippen LogP contribution in [0.15, 0.2) is 71.7 Å². The maximum atomic E-state index is 12.8. The zero-order chi connectivity index (χ0) is 23.4. The van der Waals surface area contributed by atoms with Crippen LogP contribution in [0.5, 0.6) is 5.75 Å². The van der Waals surface area contributed by atoms with Crippen molar-refractivity contribution in [2.24, 2.45) is 0 Å². The van der Waals surface area contributed by atoms with Crippen molar-refractivity contribution < 1.29 is 14.3 Å². The number of carbonyl (C=O) groups is 2. The number of nitrogens with zero attached hydrogens (tertiary/aromatic N) is 3. The van der Waals surface area contributed by atoms with Gasteiger partial charge in [-0.3, -0.25) is 9.59 Å². The summed E-state index contributed by atoms with van der Waals surface area (Å²) in [6.07, 6.45) is 1.42. The van der Waals surface area contributed by atoms with E-state index >= 15 is 0 Å². The van der Waals surface area contributed by atoms with Crippen molar-refractivity contribution in [2.75, 3.05) is 12.4 Å². The molecule has 4 aromatic rings. The number of ether oxygens (including phenoxy) is 1. The number of fused-ring (bicyclic) bond motifs is 1. The third-order valence-electron chi connectivity index (χ3n) is 5.06. The molecule has 168 valence electrons. The summed E-state index contributed by atoms with van der Waals surface area (Å²) in [5, 5.41) is 9.76. The van der Waals surface area contributed by atoms with E-state index in [1.807, 2.05) is 43.3 Å². The fraction of sp³-hybridized carbons (Fsp3) is 0.167. The molecule has 2 amide bonds. The molecule has 0 aliphatic heterocycles. The normalized spacial score (nSPS) is 10.7. The summed E-state index contributed by atoms with van der Waals surface area (Å²) in [5.41, 5.74) is 2.56. The van der Waals surface area contributed by atoms with Crippen molar-refractivity contribution in [1.82, 2.24) is 19.5 Å². The van der Waals surface area contributed by atoms with Crippen molar-refractivity contribution in [3.05, 3.63) is 94.0 Å². The largest absolute Gasteiger partial charge is 0.495 e. The van der Waals surface area contributed by atoms with E-state index in [0.29, 0.717) is 29.2 Å². The van der Waals surface area contributed by atoms with E-state index in [2.05, 4.69) is 15.7 Å². The molecule has 0 bridgehead atoms. The summed E-state index contributed by atoms with van der Waals surface area (Å²) >= 11 is 0. The lowest BCUT2D eigenvalue weighted by molar-refractivity contribution is -0.117. The Kier molecular flexibility index (Phi) is 6.21. The van der Waals surface area contributed by atoms with Gasteiger partial charge in [-0.15, -0.1) is 5.10 Å². The molecule has 33 heavy (non-hydrogen) atoms. The van der Waals surface area contributed by atoms with E-state index in [1.165, 1.54) is 17.7 Å². The van der Waals surface area contributed by atoms with E-state index in [-0.39, 0.29) is 12.5 Å². The lowest BCUT2D eigenvalue weighted by Gasteiger charge is -2.10. The smallest absolute Gasteiger partial charge is 0.350 e. The molecule has 2 aromatic heterocycles. The Bertz CT molecular complexity index is 1370. The summed E-state index contributed by atoms with van der Waals surface area (Å²) in [4.78, 5) is 37.8. The second-order valence-electron chi connectivity index (χ2n) is 7.51. The molecule has 2 heterocycles. The van der Waals surface area contributed by atoms with Gasteiger partial charge in [0.2, 0.25) is 5.91 Å². The molecule has 0 atom stereocenters. The van der Waals surface area contributed by atoms with Crippen LogP contribution in [-0.4, -0.2) is 33.1 Å². The van der Waals surface area contributed by atoms with E-state index in [4.69, 9.17) is 4.74 Å². The number of anilines is 1. The summed E-state index contributed by atoms with van der Waals surface area (Å²) < 4.78 is 7.57.